The zero-order valence-electron chi connectivity index (χ0n) is 11.5. The number of nitrogens with one attached hydrogen (secondary N) is 1. The summed E-state index contributed by atoms with van der Waals surface area (Å²) in [5.41, 5.74) is 0.0968. The van der Waals surface area contributed by atoms with Crippen molar-refractivity contribution in [3.05, 3.63) is 30.1 Å². The average molecular weight is 261 g/mol. The number of hydrogen-bond acceptors (Lipinski definition) is 3. The van der Waals surface area contributed by atoms with Gasteiger partial charge in [-0.15, -0.1) is 0 Å². The molecule has 0 radical (unpaired) electrons. The number of amides is 2. The smallest absolute Gasteiger partial charge is 0.248 e. The third-order valence-electron chi connectivity index (χ3n) is 3.41. The maximum absolute atomic E-state index is 12.3. The van der Waals surface area contributed by atoms with Gasteiger partial charge in [0.25, 0.3) is 0 Å². The molecule has 1 aromatic heterocycles. The Morgan fingerprint density at radius 1 is 1.37 bits per heavy atom. The summed E-state index contributed by atoms with van der Waals surface area (Å²) in [5.74, 6) is -0.152. The van der Waals surface area contributed by atoms with Gasteiger partial charge < -0.3 is 10.2 Å². The minimum atomic E-state index is -0.826. The summed E-state index contributed by atoms with van der Waals surface area (Å²) in [6.45, 7) is 5.72. The lowest BCUT2D eigenvalue weighted by Gasteiger charge is -2.41. The number of carbonyl (C=O) groups excluding carboxylic acids is 2. The van der Waals surface area contributed by atoms with E-state index in [1.807, 2.05) is 18.2 Å². The average Bonchev–Trinajstić information content (AvgIpc) is 2.37. The van der Waals surface area contributed by atoms with Gasteiger partial charge in [0.05, 0.1) is 0 Å². The second-order valence-electron chi connectivity index (χ2n) is 5.36. The highest BCUT2D eigenvalue weighted by Crippen LogP contribution is 2.18. The van der Waals surface area contributed by atoms with E-state index in [4.69, 9.17) is 0 Å². The first-order chi connectivity index (χ1) is 8.92. The van der Waals surface area contributed by atoms with E-state index in [2.05, 4.69) is 10.3 Å². The Bertz CT molecular complexity index is 485. The molecule has 102 valence electrons. The minimum Gasteiger partial charge on any atom is -0.340 e. The van der Waals surface area contributed by atoms with Crippen LogP contribution in [0.3, 0.4) is 0 Å². The molecule has 5 heteroatoms. The number of hydrogen-bond donors (Lipinski definition) is 1. The molecule has 19 heavy (non-hydrogen) atoms. The summed E-state index contributed by atoms with van der Waals surface area (Å²) in [4.78, 5) is 30.0. The molecule has 5 nitrogen and oxygen atoms in total. The lowest BCUT2D eigenvalue weighted by atomic mass is 9.97. The Morgan fingerprint density at radius 3 is 2.74 bits per heavy atom. The van der Waals surface area contributed by atoms with Gasteiger partial charge >= 0.3 is 0 Å². The van der Waals surface area contributed by atoms with E-state index >= 15 is 0 Å². The van der Waals surface area contributed by atoms with Gasteiger partial charge in [-0.3, -0.25) is 14.6 Å². The van der Waals surface area contributed by atoms with Crippen molar-refractivity contribution < 1.29 is 9.59 Å². The zero-order valence-corrected chi connectivity index (χ0v) is 11.5. The lowest BCUT2D eigenvalue weighted by molar-refractivity contribution is -0.152. The van der Waals surface area contributed by atoms with Crippen LogP contribution in [-0.4, -0.2) is 39.8 Å². The molecule has 0 aliphatic carbocycles. The molecule has 1 atom stereocenters. The van der Waals surface area contributed by atoms with Crippen LogP contribution in [0.25, 0.3) is 0 Å². The summed E-state index contributed by atoms with van der Waals surface area (Å²) in [7, 11) is 0. The quantitative estimate of drug-likeness (QED) is 0.873. The molecule has 1 aliphatic rings. The molecule has 1 N–H and O–H groups in total. The molecule has 2 heterocycles. The first-order valence-electron chi connectivity index (χ1n) is 6.45. The van der Waals surface area contributed by atoms with Gasteiger partial charge in [0.15, 0.2) is 0 Å². The fourth-order valence-electron chi connectivity index (χ4n) is 2.22. The standard InChI is InChI=1S/C14H19N3O2/c1-10-12(18)16-14(2,3)13(19)17(10)9-7-11-6-4-5-8-15-11/h4-6,8,10H,7,9H2,1-3H3,(H,16,18). The van der Waals surface area contributed by atoms with E-state index < -0.39 is 11.6 Å². The summed E-state index contributed by atoms with van der Waals surface area (Å²) in [6, 6.07) is 5.27. The highest BCUT2D eigenvalue weighted by molar-refractivity contribution is 5.99. The molecule has 1 aliphatic heterocycles. The fraction of sp³-hybridized carbons (Fsp3) is 0.500. The van der Waals surface area contributed by atoms with Crippen molar-refractivity contribution in [3.63, 3.8) is 0 Å². The Hall–Kier alpha value is -1.91. The topological polar surface area (TPSA) is 62.3 Å². The second-order valence-corrected chi connectivity index (χ2v) is 5.36. The van der Waals surface area contributed by atoms with Gasteiger partial charge in [-0.25, -0.2) is 0 Å². The Labute approximate surface area is 113 Å². The molecule has 2 rings (SSSR count). The third-order valence-corrected chi connectivity index (χ3v) is 3.41. The Morgan fingerprint density at radius 2 is 2.11 bits per heavy atom. The van der Waals surface area contributed by atoms with E-state index in [9.17, 15) is 9.59 Å². The Balaban J connectivity index is 2.09. The van der Waals surface area contributed by atoms with Crippen molar-refractivity contribution in [2.75, 3.05) is 6.54 Å². The second kappa shape index (κ2) is 4.99. The van der Waals surface area contributed by atoms with Crippen LogP contribution in [0.15, 0.2) is 24.4 Å². The van der Waals surface area contributed by atoms with Crippen molar-refractivity contribution in [3.8, 4) is 0 Å². The first-order valence-corrected chi connectivity index (χ1v) is 6.45. The van der Waals surface area contributed by atoms with Crippen LogP contribution in [-0.2, 0) is 16.0 Å². The van der Waals surface area contributed by atoms with Gasteiger partial charge in [-0.05, 0) is 32.9 Å². The maximum Gasteiger partial charge on any atom is 0.248 e. The van der Waals surface area contributed by atoms with Gasteiger partial charge in [-0.2, -0.15) is 0 Å². The van der Waals surface area contributed by atoms with E-state index in [0.29, 0.717) is 13.0 Å². The lowest BCUT2D eigenvalue weighted by Crippen LogP contribution is -2.67. The van der Waals surface area contributed by atoms with Crippen LogP contribution in [0.2, 0.25) is 0 Å². The minimum absolute atomic E-state index is 0.0458. The van der Waals surface area contributed by atoms with E-state index in [1.54, 1.807) is 31.9 Å². The van der Waals surface area contributed by atoms with Crippen LogP contribution in [0.4, 0.5) is 0 Å². The van der Waals surface area contributed by atoms with Gasteiger partial charge in [-0.1, -0.05) is 6.07 Å². The Kier molecular flexibility index (Phi) is 3.55. The normalized spacial score (nSPS) is 22.3. The van der Waals surface area contributed by atoms with E-state index in [-0.39, 0.29) is 11.8 Å². The highest BCUT2D eigenvalue weighted by atomic mass is 16.2. The van der Waals surface area contributed by atoms with Crippen molar-refractivity contribution in [2.45, 2.75) is 38.8 Å². The van der Waals surface area contributed by atoms with Crippen LogP contribution in [0.1, 0.15) is 26.5 Å². The number of carbonyl (C=O) groups is 2. The number of piperazine rings is 1. The summed E-state index contributed by atoms with van der Waals surface area (Å²) < 4.78 is 0. The molecule has 0 aromatic carbocycles. The first kappa shape index (κ1) is 13.5. The van der Waals surface area contributed by atoms with Crippen LogP contribution in [0, 0.1) is 0 Å². The summed E-state index contributed by atoms with van der Waals surface area (Å²) in [6.07, 6.45) is 2.38. The van der Waals surface area contributed by atoms with Gasteiger partial charge in [0.2, 0.25) is 11.8 Å². The van der Waals surface area contributed by atoms with Crippen molar-refractivity contribution in [1.29, 1.82) is 0 Å². The highest BCUT2D eigenvalue weighted by Gasteiger charge is 2.42. The summed E-state index contributed by atoms with van der Waals surface area (Å²) >= 11 is 0. The largest absolute Gasteiger partial charge is 0.340 e. The van der Waals surface area contributed by atoms with Crippen molar-refractivity contribution in [2.24, 2.45) is 0 Å². The van der Waals surface area contributed by atoms with E-state index in [1.165, 1.54) is 0 Å². The maximum atomic E-state index is 12.3. The monoisotopic (exact) mass is 261 g/mol. The van der Waals surface area contributed by atoms with Crippen LogP contribution >= 0.6 is 0 Å². The van der Waals surface area contributed by atoms with E-state index in [0.717, 1.165) is 5.69 Å². The number of nitrogens with zero attached hydrogens (tertiary/aromatic N) is 2. The molecule has 1 aromatic rings. The predicted molar refractivity (Wildman–Crippen MR) is 71.3 cm³/mol. The molecule has 1 saturated heterocycles. The molecule has 0 spiro atoms. The fourth-order valence-corrected chi connectivity index (χ4v) is 2.22. The van der Waals surface area contributed by atoms with Crippen LogP contribution in [0.5, 0.6) is 0 Å². The zero-order chi connectivity index (χ0) is 14.0. The molecule has 2 amide bonds. The molecule has 0 saturated carbocycles. The number of pyridine rings is 1. The van der Waals surface area contributed by atoms with Gasteiger partial charge in [0, 0.05) is 24.9 Å². The van der Waals surface area contributed by atoms with Crippen molar-refractivity contribution in [1.82, 2.24) is 15.2 Å². The molecular weight excluding hydrogens is 242 g/mol. The van der Waals surface area contributed by atoms with Gasteiger partial charge in [0.1, 0.15) is 11.6 Å². The SMILES string of the molecule is CC1C(=O)NC(C)(C)C(=O)N1CCc1ccccn1. The molecule has 1 fully saturated rings. The third kappa shape index (κ3) is 2.75. The van der Waals surface area contributed by atoms with Crippen molar-refractivity contribution >= 4 is 11.8 Å². The molecular formula is C14H19N3O2. The molecule has 0 bridgehead atoms. The molecule has 1 unspecified atom stereocenters. The predicted octanol–water partition coefficient (Wildman–Crippen LogP) is 0.750. The number of aromatic nitrogens is 1. The number of rotatable bonds is 3. The van der Waals surface area contributed by atoms with Crippen LogP contribution < -0.4 is 5.32 Å². The summed E-state index contributed by atoms with van der Waals surface area (Å²) in [5, 5.41) is 2.74.